The maximum absolute atomic E-state index is 11.8. The second-order valence-corrected chi connectivity index (χ2v) is 5.16. The van der Waals surface area contributed by atoms with E-state index in [-0.39, 0.29) is 18.0 Å². The molecule has 3 amide bonds. The van der Waals surface area contributed by atoms with Crippen LogP contribution in [0.25, 0.3) is 0 Å². The highest BCUT2D eigenvalue weighted by Crippen LogP contribution is 2.32. The Balaban J connectivity index is 1.86. The van der Waals surface area contributed by atoms with Gasteiger partial charge in [0.1, 0.15) is 0 Å². The fourth-order valence-corrected chi connectivity index (χ4v) is 2.06. The molecular formula is C15H21N3O2. The van der Waals surface area contributed by atoms with E-state index >= 15 is 0 Å². The largest absolute Gasteiger partial charge is 0.352 e. The number of carbonyl (C=O) groups excluding carboxylic acids is 2. The third kappa shape index (κ3) is 3.98. The average Bonchev–Trinajstić information content (AvgIpc) is 3.24. The molecule has 0 aromatic heterocycles. The molecule has 3 N–H and O–H groups in total. The van der Waals surface area contributed by atoms with E-state index in [0.717, 1.165) is 0 Å². The first-order valence-corrected chi connectivity index (χ1v) is 7.06. The van der Waals surface area contributed by atoms with Crippen molar-refractivity contribution >= 4 is 17.6 Å². The molecule has 0 bridgehead atoms. The summed E-state index contributed by atoms with van der Waals surface area (Å²) in [7, 11) is 0. The molecule has 1 fully saturated rings. The highest BCUT2D eigenvalue weighted by Gasteiger charge is 2.28. The lowest BCUT2D eigenvalue weighted by molar-refractivity contribution is 0.0956. The molecular weight excluding hydrogens is 254 g/mol. The van der Waals surface area contributed by atoms with Gasteiger partial charge in [0.15, 0.2) is 0 Å². The average molecular weight is 275 g/mol. The molecule has 1 aromatic carbocycles. The zero-order valence-corrected chi connectivity index (χ0v) is 11.9. The summed E-state index contributed by atoms with van der Waals surface area (Å²) >= 11 is 0. The third-order valence-corrected chi connectivity index (χ3v) is 3.43. The van der Waals surface area contributed by atoms with Crippen LogP contribution in [0.2, 0.25) is 0 Å². The summed E-state index contributed by atoms with van der Waals surface area (Å²) in [6.07, 6.45) is 2.39. The second-order valence-electron chi connectivity index (χ2n) is 5.16. The SMILES string of the molecule is CCNC(=O)c1ccc(NC(=O)NC(C)C2CC2)cc1. The van der Waals surface area contributed by atoms with Gasteiger partial charge in [-0.3, -0.25) is 4.79 Å². The van der Waals surface area contributed by atoms with Gasteiger partial charge in [-0.15, -0.1) is 0 Å². The fraction of sp³-hybridized carbons (Fsp3) is 0.467. The standard InChI is InChI=1S/C15H21N3O2/c1-3-16-14(19)12-6-8-13(9-7-12)18-15(20)17-10(2)11-4-5-11/h6-11H,3-5H2,1-2H3,(H,16,19)(H2,17,18,20). The number of rotatable bonds is 5. The van der Waals surface area contributed by atoms with Gasteiger partial charge in [-0.2, -0.15) is 0 Å². The van der Waals surface area contributed by atoms with Crippen LogP contribution in [-0.2, 0) is 0 Å². The number of benzene rings is 1. The Labute approximate surface area is 119 Å². The van der Waals surface area contributed by atoms with Crippen molar-refractivity contribution in [2.45, 2.75) is 32.7 Å². The van der Waals surface area contributed by atoms with Gasteiger partial charge in [-0.25, -0.2) is 4.79 Å². The number of nitrogens with one attached hydrogen (secondary N) is 3. The van der Waals surface area contributed by atoms with Crippen LogP contribution in [0.5, 0.6) is 0 Å². The van der Waals surface area contributed by atoms with E-state index in [1.54, 1.807) is 24.3 Å². The summed E-state index contributed by atoms with van der Waals surface area (Å²) in [6, 6.07) is 6.87. The summed E-state index contributed by atoms with van der Waals surface area (Å²) in [5, 5.41) is 8.42. The monoisotopic (exact) mass is 275 g/mol. The van der Waals surface area contributed by atoms with E-state index in [1.165, 1.54) is 12.8 Å². The van der Waals surface area contributed by atoms with Crippen LogP contribution in [0.3, 0.4) is 0 Å². The summed E-state index contributed by atoms with van der Waals surface area (Å²) in [5.74, 6) is 0.520. The number of urea groups is 1. The van der Waals surface area contributed by atoms with Gasteiger partial charge in [0.25, 0.3) is 5.91 Å². The molecule has 108 valence electrons. The highest BCUT2D eigenvalue weighted by atomic mass is 16.2. The molecule has 20 heavy (non-hydrogen) atoms. The van der Waals surface area contributed by atoms with Crippen LogP contribution in [0.1, 0.15) is 37.0 Å². The van der Waals surface area contributed by atoms with E-state index in [0.29, 0.717) is 23.7 Å². The van der Waals surface area contributed by atoms with Crippen LogP contribution < -0.4 is 16.0 Å². The predicted molar refractivity (Wildman–Crippen MR) is 78.8 cm³/mol. The van der Waals surface area contributed by atoms with Gasteiger partial charge >= 0.3 is 6.03 Å². The first kappa shape index (κ1) is 14.4. The smallest absolute Gasteiger partial charge is 0.319 e. The summed E-state index contributed by atoms with van der Waals surface area (Å²) in [4.78, 5) is 23.4. The minimum Gasteiger partial charge on any atom is -0.352 e. The minimum absolute atomic E-state index is 0.106. The molecule has 0 spiro atoms. The maximum Gasteiger partial charge on any atom is 0.319 e. The van der Waals surface area contributed by atoms with Crippen molar-refractivity contribution in [2.75, 3.05) is 11.9 Å². The van der Waals surface area contributed by atoms with Crippen molar-refractivity contribution in [2.24, 2.45) is 5.92 Å². The van der Waals surface area contributed by atoms with E-state index in [9.17, 15) is 9.59 Å². The molecule has 0 aliphatic heterocycles. The Hall–Kier alpha value is -2.04. The predicted octanol–water partition coefficient (Wildman–Crippen LogP) is 2.36. The molecule has 5 heteroatoms. The van der Waals surface area contributed by atoms with Gasteiger partial charge in [-0.1, -0.05) is 0 Å². The van der Waals surface area contributed by atoms with Gasteiger partial charge in [0, 0.05) is 23.8 Å². The molecule has 2 rings (SSSR count). The number of amides is 3. The van der Waals surface area contributed by atoms with Crippen LogP contribution >= 0.6 is 0 Å². The quantitative estimate of drug-likeness (QED) is 0.772. The Bertz CT molecular complexity index is 480. The highest BCUT2D eigenvalue weighted by molar-refractivity contribution is 5.95. The van der Waals surface area contributed by atoms with E-state index in [4.69, 9.17) is 0 Å². The van der Waals surface area contributed by atoms with Crippen LogP contribution in [-0.4, -0.2) is 24.5 Å². The van der Waals surface area contributed by atoms with Crippen molar-refractivity contribution in [3.63, 3.8) is 0 Å². The van der Waals surface area contributed by atoms with E-state index in [1.807, 2.05) is 13.8 Å². The lowest BCUT2D eigenvalue weighted by atomic mass is 10.2. The maximum atomic E-state index is 11.8. The normalized spacial score (nSPS) is 15.3. The van der Waals surface area contributed by atoms with Crippen LogP contribution in [0.4, 0.5) is 10.5 Å². The van der Waals surface area contributed by atoms with Crippen LogP contribution in [0, 0.1) is 5.92 Å². The Morgan fingerprint density at radius 1 is 1.25 bits per heavy atom. The zero-order valence-electron chi connectivity index (χ0n) is 11.9. The molecule has 1 aliphatic rings. The number of carbonyl (C=O) groups is 2. The molecule has 0 saturated heterocycles. The third-order valence-electron chi connectivity index (χ3n) is 3.43. The molecule has 1 atom stereocenters. The fourth-order valence-electron chi connectivity index (χ4n) is 2.06. The second kappa shape index (κ2) is 6.41. The number of anilines is 1. The van der Waals surface area contributed by atoms with Crippen molar-refractivity contribution < 1.29 is 9.59 Å². The van der Waals surface area contributed by atoms with Crippen molar-refractivity contribution in [3.8, 4) is 0 Å². The minimum atomic E-state index is -0.199. The summed E-state index contributed by atoms with van der Waals surface area (Å²) < 4.78 is 0. The number of hydrogen-bond acceptors (Lipinski definition) is 2. The van der Waals surface area contributed by atoms with Gasteiger partial charge in [0.05, 0.1) is 0 Å². The van der Waals surface area contributed by atoms with Crippen molar-refractivity contribution in [1.29, 1.82) is 0 Å². The molecule has 1 aromatic rings. The van der Waals surface area contributed by atoms with E-state index in [2.05, 4.69) is 16.0 Å². The van der Waals surface area contributed by atoms with E-state index < -0.39 is 0 Å². The first-order valence-electron chi connectivity index (χ1n) is 7.06. The topological polar surface area (TPSA) is 70.2 Å². The molecule has 1 saturated carbocycles. The van der Waals surface area contributed by atoms with Crippen molar-refractivity contribution in [3.05, 3.63) is 29.8 Å². The summed E-state index contributed by atoms with van der Waals surface area (Å²) in [5.41, 5.74) is 1.27. The molecule has 1 unspecified atom stereocenters. The molecule has 0 heterocycles. The van der Waals surface area contributed by atoms with Crippen molar-refractivity contribution in [1.82, 2.24) is 10.6 Å². The Kier molecular flexibility index (Phi) is 4.61. The Morgan fingerprint density at radius 3 is 2.45 bits per heavy atom. The number of hydrogen-bond donors (Lipinski definition) is 3. The lowest BCUT2D eigenvalue weighted by Gasteiger charge is -2.13. The first-order chi connectivity index (χ1) is 9.60. The van der Waals surface area contributed by atoms with Gasteiger partial charge in [-0.05, 0) is 56.9 Å². The zero-order chi connectivity index (χ0) is 14.5. The Morgan fingerprint density at radius 2 is 1.90 bits per heavy atom. The van der Waals surface area contributed by atoms with Gasteiger partial charge < -0.3 is 16.0 Å². The molecule has 1 aliphatic carbocycles. The molecule has 0 radical (unpaired) electrons. The van der Waals surface area contributed by atoms with Crippen LogP contribution in [0.15, 0.2) is 24.3 Å². The molecule has 5 nitrogen and oxygen atoms in total. The van der Waals surface area contributed by atoms with Gasteiger partial charge in [0.2, 0.25) is 0 Å². The lowest BCUT2D eigenvalue weighted by Crippen LogP contribution is -2.37. The summed E-state index contributed by atoms with van der Waals surface area (Å²) in [6.45, 7) is 4.49.